The summed E-state index contributed by atoms with van der Waals surface area (Å²) < 4.78 is 30.6. The van der Waals surface area contributed by atoms with E-state index in [9.17, 15) is 13.2 Å². The van der Waals surface area contributed by atoms with Gasteiger partial charge in [0.1, 0.15) is 5.75 Å². The van der Waals surface area contributed by atoms with Gasteiger partial charge in [0.05, 0.1) is 23.3 Å². The molecule has 1 N–H and O–H groups in total. The van der Waals surface area contributed by atoms with E-state index in [2.05, 4.69) is 5.32 Å². The first-order valence-corrected chi connectivity index (χ1v) is 11.1. The SMILES string of the molecule is O=C(N[C@@H]1CCOc2ccccc21)c1ccc(CS(=O)(=O)c2ccccc2)cc1. The Hall–Kier alpha value is -3.12. The third-order valence-corrected chi connectivity index (χ3v) is 6.64. The molecule has 0 aliphatic carbocycles. The predicted octanol–water partition coefficient (Wildman–Crippen LogP) is 3.91. The Kier molecular flexibility index (Phi) is 5.36. The lowest BCUT2D eigenvalue weighted by atomic mass is 10.00. The van der Waals surface area contributed by atoms with E-state index in [0.717, 1.165) is 11.3 Å². The van der Waals surface area contributed by atoms with Crippen molar-refractivity contribution in [3.05, 3.63) is 95.6 Å². The van der Waals surface area contributed by atoms with Crippen LogP contribution >= 0.6 is 0 Å². The van der Waals surface area contributed by atoms with E-state index in [4.69, 9.17) is 4.74 Å². The lowest BCUT2D eigenvalue weighted by Gasteiger charge is -2.26. The molecule has 0 saturated heterocycles. The van der Waals surface area contributed by atoms with Crippen molar-refractivity contribution in [3.8, 4) is 5.75 Å². The van der Waals surface area contributed by atoms with Crippen LogP contribution in [0.25, 0.3) is 0 Å². The van der Waals surface area contributed by atoms with Crippen LogP contribution in [0.1, 0.15) is 33.9 Å². The Morgan fingerprint density at radius 1 is 0.931 bits per heavy atom. The van der Waals surface area contributed by atoms with Crippen molar-refractivity contribution in [2.45, 2.75) is 23.1 Å². The number of amides is 1. The van der Waals surface area contributed by atoms with Gasteiger partial charge in [0, 0.05) is 17.5 Å². The van der Waals surface area contributed by atoms with E-state index in [1.807, 2.05) is 24.3 Å². The molecule has 0 bridgehead atoms. The van der Waals surface area contributed by atoms with Gasteiger partial charge in [-0.25, -0.2) is 8.42 Å². The molecule has 3 aromatic carbocycles. The molecule has 29 heavy (non-hydrogen) atoms. The molecular formula is C23H21NO4S. The maximum Gasteiger partial charge on any atom is 0.251 e. The standard InChI is InChI=1S/C23H21NO4S/c25-23(24-21-14-15-28-22-9-5-4-8-20(21)22)18-12-10-17(11-13-18)16-29(26,27)19-6-2-1-3-7-19/h1-13,21H,14-16H2,(H,24,25)/t21-/m1/s1. The monoisotopic (exact) mass is 407 g/mol. The number of hydrogen-bond donors (Lipinski definition) is 1. The predicted molar refractivity (Wildman–Crippen MR) is 111 cm³/mol. The molecule has 1 aliphatic rings. The van der Waals surface area contributed by atoms with Gasteiger partial charge in [-0.15, -0.1) is 0 Å². The number of hydrogen-bond acceptors (Lipinski definition) is 4. The van der Waals surface area contributed by atoms with Crippen LogP contribution in [0.5, 0.6) is 5.75 Å². The molecule has 3 aromatic rings. The fraction of sp³-hybridized carbons (Fsp3) is 0.174. The molecule has 0 spiro atoms. The van der Waals surface area contributed by atoms with Crippen LogP contribution < -0.4 is 10.1 Å². The van der Waals surface area contributed by atoms with Gasteiger partial charge in [0.2, 0.25) is 0 Å². The second kappa shape index (κ2) is 8.09. The minimum absolute atomic E-state index is 0.105. The molecule has 1 heterocycles. The van der Waals surface area contributed by atoms with Crippen LogP contribution in [0.3, 0.4) is 0 Å². The van der Waals surface area contributed by atoms with Gasteiger partial charge < -0.3 is 10.1 Å². The maximum absolute atomic E-state index is 12.7. The number of carbonyl (C=O) groups is 1. The normalized spacial score (nSPS) is 15.8. The quantitative estimate of drug-likeness (QED) is 0.696. The summed E-state index contributed by atoms with van der Waals surface area (Å²) >= 11 is 0. The first-order valence-electron chi connectivity index (χ1n) is 9.42. The molecule has 0 radical (unpaired) electrons. The summed E-state index contributed by atoms with van der Waals surface area (Å²) in [6, 6.07) is 22.6. The van der Waals surface area contributed by atoms with Crippen molar-refractivity contribution < 1.29 is 17.9 Å². The number of carbonyl (C=O) groups excluding carboxylic acids is 1. The molecule has 0 saturated carbocycles. The van der Waals surface area contributed by atoms with Crippen molar-refractivity contribution >= 4 is 15.7 Å². The molecule has 1 atom stereocenters. The molecule has 1 aliphatic heterocycles. The fourth-order valence-electron chi connectivity index (χ4n) is 3.42. The summed E-state index contributed by atoms with van der Waals surface area (Å²) in [5, 5.41) is 3.05. The molecule has 4 rings (SSSR count). The number of fused-ring (bicyclic) bond motifs is 1. The third-order valence-electron chi connectivity index (χ3n) is 4.94. The highest BCUT2D eigenvalue weighted by Crippen LogP contribution is 2.31. The highest BCUT2D eigenvalue weighted by atomic mass is 32.2. The van der Waals surface area contributed by atoms with Gasteiger partial charge in [0.15, 0.2) is 9.84 Å². The van der Waals surface area contributed by atoms with Crippen molar-refractivity contribution in [2.24, 2.45) is 0 Å². The molecule has 148 valence electrons. The smallest absolute Gasteiger partial charge is 0.251 e. The minimum Gasteiger partial charge on any atom is -0.493 e. The summed E-state index contributed by atoms with van der Waals surface area (Å²) in [4.78, 5) is 13.0. The van der Waals surface area contributed by atoms with Crippen LogP contribution in [-0.2, 0) is 15.6 Å². The molecular weight excluding hydrogens is 386 g/mol. The largest absolute Gasteiger partial charge is 0.493 e. The second-order valence-corrected chi connectivity index (χ2v) is 8.96. The number of rotatable bonds is 5. The van der Waals surface area contributed by atoms with Crippen molar-refractivity contribution in [1.82, 2.24) is 5.32 Å². The summed E-state index contributed by atoms with van der Waals surface area (Å²) in [7, 11) is -3.42. The molecule has 1 amide bonds. The Morgan fingerprint density at radius 3 is 2.38 bits per heavy atom. The zero-order valence-electron chi connectivity index (χ0n) is 15.7. The van der Waals surface area contributed by atoms with Crippen LogP contribution in [0.4, 0.5) is 0 Å². The topological polar surface area (TPSA) is 72.5 Å². The van der Waals surface area contributed by atoms with Gasteiger partial charge in [-0.1, -0.05) is 48.5 Å². The number of sulfone groups is 1. The van der Waals surface area contributed by atoms with Crippen LogP contribution in [0, 0.1) is 0 Å². The summed E-state index contributed by atoms with van der Waals surface area (Å²) in [6.45, 7) is 0.554. The maximum atomic E-state index is 12.7. The average Bonchev–Trinajstić information content (AvgIpc) is 2.75. The minimum atomic E-state index is -3.42. The van der Waals surface area contributed by atoms with Crippen LogP contribution in [0.15, 0.2) is 83.8 Å². The highest BCUT2D eigenvalue weighted by Gasteiger charge is 2.23. The average molecular weight is 407 g/mol. The number of ether oxygens (including phenoxy) is 1. The first-order chi connectivity index (χ1) is 14.0. The van der Waals surface area contributed by atoms with E-state index >= 15 is 0 Å². The summed E-state index contributed by atoms with van der Waals surface area (Å²) in [5.74, 6) is 0.501. The Morgan fingerprint density at radius 2 is 1.62 bits per heavy atom. The van der Waals surface area contributed by atoms with Crippen molar-refractivity contribution in [2.75, 3.05) is 6.61 Å². The lowest BCUT2D eigenvalue weighted by Crippen LogP contribution is -2.32. The lowest BCUT2D eigenvalue weighted by molar-refractivity contribution is 0.0925. The van der Waals surface area contributed by atoms with E-state index in [0.29, 0.717) is 29.1 Å². The highest BCUT2D eigenvalue weighted by molar-refractivity contribution is 7.90. The summed E-state index contributed by atoms with van der Waals surface area (Å²) in [6.07, 6.45) is 0.705. The van der Waals surface area contributed by atoms with Crippen molar-refractivity contribution in [3.63, 3.8) is 0 Å². The molecule has 6 heteroatoms. The van der Waals surface area contributed by atoms with Gasteiger partial charge >= 0.3 is 0 Å². The van der Waals surface area contributed by atoms with Gasteiger partial charge in [-0.2, -0.15) is 0 Å². The molecule has 0 unspecified atom stereocenters. The van der Waals surface area contributed by atoms with Crippen molar-refractivity contribution in [1.29, 1.82) is 0 Å². The van der Waals surface area contributed by atoms with E-state index in [1.165, 1.54) is 0 Å². The van der Waals surface area contributed by atoms with Gasteiger partial charge in [0.25, 0.3) is 5.91 Å². The Bertz CT molecular complexity index is 1110. The first kappa shape index (κ1) is 19.2. The van der Waals surface area contributed by atoms with Gasteiger partial charge in [-0.05, 0) is 35.9 Å². The number of para-hydroxylation sites is 1. The zero-order valence-corrected chi connectivity index (χ0v) is 16.6. The zero-order chi connectivity index (χ0) is 20.3. The van der Waals surface area contributed by atoms with E-state index in [-0.39, 0.29) is 17.7 Å². The van der Waals surface area contributed by atoms with Crippen LogP contribution in [0.2, 0.25) is 0 Å². The summed E-state index contributed by atoms with van der Waals surface area (Å²) in [5.41, 5.74) is 2.11. The van der Waals surface area contributed by atoms with E-state index < -0.39 is 9.84 Å². The van der Waals surface area contributed by atoms with Gasteiger partial charge in [-0.3, -0.25) is 4.79 Å². The molecule has 0 aromatic heterocycles. The fourth-order valence-corrected chi connectivity index (χ4v) is 4.79. The Labute approximate surface area is 170 Å². The van der Waals surface area contributed by atoms with Crippen LogP contribution in [-0.4, -0.2) is 20.9 Å². The number of benzene rings is 3. The molecule has 0 fully saturated rings. The number of nitrogens with one attached hydrogen (secondary N) is 1. The Balaban J connectivity index is 1.45. The second-order valence-electron chi connectivity index (χ2n) is 6.97. The molecule has 5 nitrogen and oxygen atoms in total. The third kappa shape index (κ3) is 4.32. The van der Waals surface area contributed by atoms with E-state index in [1.54, 1.807) is 54.6 Å².